The second-order valence-electron chi connectivity index (χ2n) is 5.95. The highest BCUT2D eigenvalue weighted by molar-refractivity contribution is 5.45. The zero-order valence-corrected chi connectivity index (χ0v) is 14.3. The Morgan fingerprint density at radius 3 is 2.41 bits per heavy atom. The minimum atomic E-state index is 0.384. The Morgan fingerprint density at radius 1 is 1.05 bits per heavy atom. The summed E-state index contributed by atoms with van der Waals surface area (Å²) >= 11 is 0. The Morgan fingerprint density at radius 2 is 1.77 bits per heavy atom. The van der Waals surface area contributed by atoms with Gasteiger partial charge in [-0.25, -0.2) is 0 Å². The quantitative estimate of drug-likeness (QED) is 0.810. The highest BCUT2D eigenvalue weighted by atomic mass is 15.1. The summed E-state index contributed by atoms with van der Waals surface area (Å²) in [6.07, 6.45) is 0. The molecule has 2 heteroatoms. The van der Waals surface area contributed by atoms with Gasteiger partial charge in [-0.15, -0.1) is 0 Å². The van der Waals surface area contributed by atoms with Crippen LogP contribution in [0.5, 0.6) is 0 Å². The molecule has 2 nitrogen and oxygen atoms in total. The Hall–Kier alpha value is -1.80. The number of hydrogen-bond acceptors (Lipinski definition) is 2. The van der Waals surface area contributed by atoms with Crippen molar-refractivity contribution < 1.29 is 0 Å². The van der Waals surface area contributed by atoms with E-state index < -0.39 is 0 Å². The summed E-state index contributed by atoms with van der Waals surface area (Å²) in [7, 11) is 0. The first-order chi connectivity index (χ1) is 10.6. The molecule has 0 amide bonds. The maximum absolute atomic E-state index is 3.65. The Labute approximate surface area is 135 Å². The van der Waals surface area contributed by atoms with E-state index in [0.29, 0.717) is 6.04 Å². The molecule has 1 unspecified atom stereocenters. The molecule has 0 bridgehead atoms. The first-order valence-electron chi connectivity index (χ1n) is 8.22. The van der Waals surface area contributed by atoms with Crippen LogP contribution in [0.2, 0.25) is 0 Å². The summed E-state index contributed by atoms with van der Waals surface area (Å²) in [5, 5.41) is 3.65. The first-order valence-corrected chi connectivity index (χ1v) is 8.22. The third-order valence-corrected chi connectivity index (χ3v) is 4.23. The molecule has 2 aromatic rings. The van der Waals surface area contributed by atoms with Crippen LogP contribution in [0.3, 0.4) is 0 Å². The third-order valence-electron chi connectivity index (χ3n) is 4.23. The second-order valence-corrected chi connectivity index (χ2v) is 5.95. The van der Waals surface area contributed by atoms with E-state index in [1.165, 1.54) is 22.4 Å². The summed E-state index contributed by atoms with van der Waals surface area (Å²) in [6.45, 7) is 11.8. The smallest absolute Gasteiger partial charge is 0.0366 e. The zero-order valence-electron chi connectivity index (χ0n) is 14.3. The lowest BCUT2D eigenvalue weighted by molar-refractivity contribution is 0.569. The lowest BCUT2D eigenvalue weighted by Gasteiger charge is -2.25. The molecule has 0 spiro atoms. The number of benzene rings is 2. The van der Waals surface area contributed by atoms with Crippen molar-refractivity contribution in [1.82, 2.24) is 5.32 Å². The number of aryl methyl sites for hydroxylation is 2. The van der Waals surface area contributed by atoms with Gasteiger partial charge in [-0.3, -0.25) is 0 Å². The van der Waals surface area contributed by atoms with Crippen molar-refractivity contribution >= 4 is 5.69 Å². The molecule has 1 atom stereocenters. The average molecular weight is 296 g/mol. The van der Waals surface area contributed by atoms with Crippen LogP contribution in [0.25, 0.3) is 0 Å². The fourth-order valence-corrected chi connectivity index (χ4v) is 2.95. The summed E-state index contributed by atoms with van der Waals surface area (Å²) in [5.41, 5.74) is 5.39. The molecule has 0 aromatic heterocycles. The molecule has 22 heavy (non-hydrogen) atoms. The highest BCUT2D eigenvalue weighted by Gasteiger charge is 2.09. The van der Waals surface area contributed by atoms with E-state index in [2.05, 4.69) is 86.4 Å². The van der Waals surface area contributed by atoms with Gasteiger partial charge in [0.25, 0.3) is 0 Å². The summed E-state index contributed by atoms with van der Waals surface area (Å²) in [4.78, 5) is 2.40. The van der Waals surface area contributed by atoms with Crippen LogP contribution in [0.1, 0.15) is 36.6 Å². The van der Waals surface area contributed by atoms with E-state index in [-0.39, 0.29) is 0 Å². The van der Waals surface area contributed by atoms with E-state index in [4.69, 9.17) is 0 Å². The molecule has 0 saturated heterocycles. The van der Waals surface area contributed by atoms with Crippen molar-refractivity contribution in [3.05, 3.63) is 65.2 Å². The lowest BCUT2D eigenvalue weighted by Crippen LogP contribution is -2.33. The van der Waals surface area contributed by atoms with Crippen LogP contribution in [0.4, 0.5) is 5.69 Å². The van der Waals surface area contributed by atoms with Crippen LogP contribution >= 0.6 is 0 Å². The predicted molar refractivity (Wildman–Crippen MR) is 96.7 cm³/mol. The Balaban J connectivity index is 1.89. The number of para-hydroxylation sites is 1. The van der Waals surface area contributed by atoms with E-state index in [1.54, 1.807) is 0 Å². The van der Waals surface area contributed by atoms with Crippen molar-refractivity contribution in [3.8, 4) is 0 Å². The Bertz CT molecular complexity index is 578. The van der Waals surface area contributed by atoms with Gasteiger partial charge in [0.15, 0.2) is 0 Å². The minimum absolute atomic E-state index is 0.384. The van der Waals surface area contributed by atoms with Gasteiger partial charge in [0, 0.05) is 31.4 Å². The zero-order chi connectivity index (χ0) is 15.9. The van der Waals surface area contributed by atoms with E-state index >= 15 is 0 Å². The van der Waals surface area contributed by atoms with Gasteiger partial charge < -0.3 is 10.2 Å². The van der Waals surface area contributed by atoms with Crippen LogP contribution in [-0.4, -0.2) is 19.6 Å². The molecule has 0 aliphatic carbocycles. The number of likely N-dealkylation sites (N-methyl/N-ethyl adjacent to an activating group) is 1. The van der Waals surface area contributed by atoms with E-state index in [0.717, 1.165) is 19.6 Å². The van der Waals surface area contributed by atoms with Crippen LogP contribution < -0.4 is 10.2 Å². The van der Waals surface area contributed by atoms with Gasteiger partial charge in [-0.2, -0.15) is 0 Å². The fourth-order valence-electron chi connectivity index (χ4n) is 2.95. The van der Waals surface area contributed by atoms with Gasteiger partial charge in [-0.05, 0) is 51.0 Å². The molecule has 0 aliphatic heterocycles. The average Bonchev–Trinajstić information content (AvgIpc) is 2.52. The maximum atomic E-state index is 3.65. The lowest BCUT2D eigenvalue weighted by atomic mass is 10.0. The van der Waals surface area contributed by atoms with Gasteiger partial charge in [0.1, 0.15) is 0 Å². The predicted octanol–water partition coefficient (Wildman–Crippen LogP) is 4.48. The van der Waals surface area contributed by atoms with Gasteiger partial charge in [0.05, 0.1) is 0 Å². The SMILES string of the molecule is CCN(CCNC(C)c1ccc(C)cc1C)c1ccccc1. The molecule has 0 aliphatic rings. The number of rotatable bonds is 7. The van der Waals surface area contributed by atoms with Crippen molar-refractivity contribution in [2.24, 2.45) is 0 Å². The molecule has 0 radical (unpaired) electrons. The maximum Gasteiger partial charge on any atom is 0.0366 e. The minimum Gasteiger partial charge on any atom is -0.371 e. The number of nitrogens with one attached hydrogen (secondary N) is 1. The fraction of sp³-hybridized carbons (Fsp3) is 0.400. The molecule has 1 N–H and O–H groups in total. The van der Waals surface area contributed by atoms with Gasteiger partial charge in [0.2, 0.25) is 0 Å². The van der Waals surface area contributed by atoms with Crippen molar-refractivity contribution in [3.63, 3.8) is 0 Å². The van der Waals surface area contributed by atoms with Crippen molar-refractivity contribution in [2.45, 2.75) is 33.7 Å². The third kappa shape index (κ3) is 4.35. The molecule has 2 aromatic carbocycles. The largest absolute Gasteiger partial charge is 0.371 e. The summed E-state index contributed by atoms with van der Waals surface area (Å²) < 4.78 is 0. The molecule has 118 valence electrons. The molecule has 0 heterocycles. The number of anilines is 1. The molecule has 0 saturated carbocycles. The van der Waals surface area contributed by atoms with Crippen LogP contribution in [0, 0.1) is 13.8 Å². The Kier molecular flexibility index (Phi) is 6.02. The summed E-state index contributed by atoms with van der Waals surface area (Å²) in [6, 6.07) is 17.7. The standard InChI is InChI=1S/C20H28N2/c1-5-22(19-9-7-6-8-10-19)14-13-21-18(4)20-12-11-16(2)15-17(20)3/h6-12,15,18,21H,5,13-14H2,1-4H3. The van der Waals surface area contributed by atoms with E-state index in [1.807, 2.05) is 0 Å². The topological polar surface area (TPSA) is 15.3 Å². The first kappa shape index (κ1) is 16.6. The monoisotopic (exact) mass is 296 g/mol. The number of hydrogen-bond donors (Lipinski definition) is 1. The normalized spacial score (nSPS) is 12.2. The molecular formula is C20H28N2. The highest BCUT2D eigenvalue weighted by Crippen LogP contribution is 2.18. The van der Waals surface area contributed by atoms with Gasteiger partial charge >= 0.3 is 0 Å². The van der Waals surface area contributed by atoms with Crippen molar-refractivity contribution in [2.75, 3.05) is 24.5 Å². The molecule has 2 rings (SSSR count). The molecular weight excluding hydrogens is 268 g/mol. The van der Waals surface area contributed by atoms with E-state index in [9.17, 15) is 0 Å². The van der Waals surface area contributed by atoms with Crippen LogP contribution in [0.15, 0.2) is 48.5 Å². The van der Waals surface area contributed by atoms with Crippen molar-refractivity contribution in [1.29, 1.82) is 0 Å². The number of nitrogens with zero attached hydrogens (tertiary/aromatic N) is 1. The second kappa shape index (κ2) is 8.00. The molecule has 0 fully saturated rings. The summed E-state index contributed by atoms with van der Waals surface area (Å²) in [5.74, 6) is 0. The van der Waals surface area contributed by atoms with Crippen LogP contribution in [-0.2, 0) is 0 Å². The van der Waals surface area contributed by atoms with Gasteiger partial charge in [-0.1, -0.05) is 42.0 Å².